The van der Waals surface area contributed by atoms with E-state index in [0.29, 0.717) is 6.54 Å². The predicted octanol–water partition coefficient (Wildman–Crippen LogP) is 1.01. The van der Waals surface area contributed by atoms with Crippen LogP contribution in [0.15, 0.2) is 42.6 Å². The van der Waals surface area contributed by atoms with E-state index in [1.54, 1.807) is 0 Å². The highest BCUT2D eigenvalue weighted by atomic mass is 16.2. The molecule has 1 amide bonds. The van der Waals surface area contributed by atoms with Crippen LogP contribution in [0.3, 0.4) is 0 Å². The van der Waals surface area contributed by atoms with Crippen LogP contribution in [-0.2, 0) is 4.79 Å². The Balaban J connectivity index is 1.23. The highest BCUT2D eigenvalue weighted by Gasteiger charge is 2.25. The number of hydrogen-bond acceptors (Lipinski definition) is 7. The predicted molar refractivity (Wildman–Crippen MR) is 120 cm³/mol. The van der Waals surface area contributed by atoms with Crippen LogP contribution in [0.1, 0.15) is 0 Å². The number of para-hydroxylation sites is 1. The fraction of sp³-hybridized carbons (Fsp3) is 0.500. The standard InChI is InChI=1S/C22H31N7O/c1-25(2)22-23-9-8-20(24-22)28-12-10-26(11-13-28)18-21(30)29-16-14-27(15-17-29)19-6-4-3-5-7-19/h3-9H,10-18H2,1-2H3. The minimum absolute atomic E-state index is 0.244. The molecule has 0 unspecified atom stereocenters. The summed E-state index contributed by atoms with van der Waals surface area (Å²) < 4.78 is 0. The summed E-state index contributed by atoms with van der Waals surface area (Å²) in [5.74, 6) is 1.92. The number of amides is 1. The number of anilines is 3. The first-order valence-electron chi connectivity index (χ1n) is 10.7. The molecule has 30 heavy (non-hydrogen) atoms. The number of aromatic nitrogens is 2. The molecule has 0 saturated carbocycles. The Labute approximate surface area is 178 Å². The van der Waals surface area contributed by atoms with Crippen molar-refractivity contribution in [2.24, 2.45) is 0 Å². The molecule has 160 valence electrons. The first kappa shape index (κ1) is 20.4. The van der Waals surface area contributed by atoms with Crippen LogP contribution in [0.4, 0.5) is 17.5 Å². The summed E-state index contributed by atoms with van der Waals surface area (Å²) in [5, 5.41) is 0. The van der Waals surface area contributed by atoms with E-state index in [9.17, 15) is 4.79 Å². The minimum atomic E-state index is 0.244. The molecule has 1 aromatic heterocycles. The number of benzene rings is 1. The van der Waals surface area contributed by atoms with Crippen molar-refractivity contribution in [1.82, 2.24) is 19.8 Å². The second kappa shape index (κ2) is 9.30. The van der Waals surface area contributed by atoms with E-state index >= 15 is 0 Å². The third kappa shape index (κ3) is 4.81. The SMILES string of the molecule is CN(C)c1nccc(N2CCN(CC(=O)N3CCN(c4ccccc4)CC3)CC2)n1. The summed E-state index contributed by atoms with van der Waals surface area (Å²) in [4.78, 5) is 32.5. The molecule has 0 aliphatic carbocycles. The van der Waals surface area contributed by atoms with Crippen LogP contribution in [0.5, 0.6) is 0 Å². The summed E-state index contributed by atoms with van der Waals surface area (Å²) in [7, 11) is 3.89. The van der Waals surface area contributed by atoms with Crippen LogP contribution >= 0.6 is 0 Å². The van der Waals surface area contributed by atoms with Crippen molar-refractivity contribution >= 4 is 23.4 Å². The minimum Gasteiger partial charge on any atom is -0.368 e. The molecule has 0 atom stereocenters. The van der Waals surface area contributed by atoms with E-state index in [0.717, 1.165) is 64.1 Å². The molecule has 0 radical (unpaired) electrons. The number of nitrogens with zero attached hydrogens (tertiary/aromatic N) is 7. The molecule has 8 nitrogen and oxygen atoms in total. The molecule has 0 N–H and O–H groups in total. The molecule has 2 aliphatic heterocycles. The Morgan fingerprint density at radius 1 is 0.900 bits per heavy atom. The van der Waals surface area contributed by atoms with Crippen molar-refractivity contribution < 1.29 is 4.79 Å². The molecule has 3 heterocycles. The first-order valence-corrected chi connectivity index (χ1v) is 10.7. The molecular formula is C22H31N7O. The Hall–Kier alpha value is -2.87. The number of piperazine rings is 2. The summed E-state index contributed by atoms with van der Waals surface area (Å²) in [6.45, 7) is 7.37. The van der Waals surface area contributed by atoms with Gasteiger partial charge in [-0.3, -0.25) is 9.69 Å². The lowest BCUT2D eigenvalue weighted by Crippen LogP contribution is -2.54. The number of hydrogen-bond donors (Lipinski definition) is 0. The smallest absolute Gasteiger partial charge is 0.236 e. The van der Waals surface area contributed by atoms with Crippen LogP contribution in [-0.4, -0.2) is 98.7 Å². The van der Waals surface area contributed by atoms with Gasteiger partial charge in [-0.1, -0.05) is 18.2 Å². The Bertz CT molecular complexity index is 828. The van der Waals surface area contributed by atoms with Gasteiger partial charge in [0.25, 0.3) is 0 Å². The van der Waals surface area contributed by atoms with Crippen LogP contribution in [0.25, 0.3) is 0 Å². The highest BCUT2D eigenvalue weighted by molar-refractivity contribution is 5.78. The van der Waals surface area contributed by atoms with Gasteiger partial charge in [0.1, 0.15) is 5.82 Å². The molecule has 8 heteroatoms. The summed E-state index contributed by atoms with van der Waals surface area (Å²) in [6, 6.07) is 12.4. The van der Waals surface area contributed by atoms with Gasteiger partial charge in [-0.15, -0.1) is 0 Å². The van der Waals surface area contributed by atoms with Gasteiger partial charge < -0.3 is 19.6 Å². The van der Waals surface area contributed by atoms with E-state index in [4.69, 9.17) is 0 Å². The summed E-state index contributed by atoms with van der Waals surface area (Å²) >= 11 is 0. The molecule has 4 rings (SSSR count). The number of carbonyl (C=O) groups excluding carboxylic acids is 1. The lowest BCUT2D eigenvalue weighted by Gasteiger charge is -2.39. The monoisotopic (exact) mass is 409 g/mol. The molecule has 1 aromatic carbocycles. The zero-order valence-electron chi connectivity index (χ0n) is 17.9. The summed E-state index contributed by atoms with van der Waals surface area (Å²) in [6.07, 6.45) is 1.81. The largest absolute Gasteiger partial charge is 0.368 e. The fourth-order valence-electron chi connectivity index (χ4n) is 4.01. The Kier molecular flexibility index (Phi) is 6.32. The Morgan fingerprint density at radius 2 is 1.57 bits per heavy atom. The van der Waals surface area contributed by atoms with Crippen LogP contribution in [0.2, 0.25) is 0 Å². The van der Waals surface area contributed by atoms with Crippen molar-refractivity contribution in [1.29, 1.82) is 0 Å². The maximum absolute atomic E-state index is 12.8. The van der Waals surface area contributed by atoms with Crippen molar-refractivity contribution in [2.75, 3.05) is 87.7 Å². The molecule has 2 saturated heterocycles. The fourth-order valence-corrected chi connectivity index (χ4v) is 4.01. The topological polar surface area (TPSA) is 59.1 Å². The van der Waals surface area contributed by atoms with Crippen LogP contribution < -0.4 is 14.7 Å². The molecule has 2 fully saturated rings. The second-order valence-electron chi connectivity index (χ2n) is 8.08. The lowest BCUT2D eigenvalue weighted by molar-refractivity contribution is -0.132. The van der Waals surface area contributed by atoms with E-state index in [2.05, 4.69) is 48.9 Å². The molecule has 0 bridgehead atoms. The quantitative estimate of drug-likeness (QED) is 0.731. The van der Waals surface area contributed by atoms with Crippen molar-refractivity contribution in [2.45, 2.75) is 0 Å². The maximum Gasteiger partial charge on any atom is 0.236 e. The van der Waals surface area contributed by atoms with Gasteiger partial charge >= 0.3 is 0 Å². The first-order chi connectivity index (χ1) is 14.6. The number of rotatable bonds is 5. The summed E-state index contributed by atoms with van der Waals surface area (Å²) in [5.41, 5.74) is 1.24. The van der Waals surface area contributed by atoms with Gasteiger partial charge in [-0.25, -0.2) is 4.98 Å². The zero-order valence-corrected chi connectivity index (χ0v) is 17.9. The van der Waals surface area contributed by atoms with Crippen LogP contribution in [0, 0.1) is 0 Å². The maximum atomic E-state index is 12.8. The highest BCUT2D eigenvalue weighted by Crippen LogP contribution is 2.17. The van der Waals surface area contributed by atoms with E-state index in [1.807, 2.05) is 42.2 Å². The Morgan fingerprint density at radius 3 is 2.23 bits per heavy atom. The van der Waals surface area contributed by atoms with Gasteiger partial charge in [0.2, 0.25) is 11.9 Å². The van der Waals surface area contributed by atoms with E-state index in [1.165, 1.54) is 5.69 Å². The lowest BCUT2D eigenvalue weighted by atomic mass is 10.2. The number of carbonyl (C=O) groups is 1. The average Bonchev–Trinajstić information content (AvgIpc) is 2.80. The normalized spacial score (nSPS) is 17.9. The van der Waals surface area contributed by atoms with Crippen molar-refractivity contribution in [3.63, 3.8) is 0 Å². The van der Waals surface area contributed by atoms with E-state index < -0.39 is 0 Å². The van der Waals surface area contributed by atoms with Crippen molar-refractivity contribution in [3.05, 3.63) is 42.6 Å². The molecule has 2 aliphatic rings. The molecule has 0 spiro atoms. The van der Waals surface area contributed by atoms with Crippen molar-refractivity contribution in [3.8, 4) is 0 Å². The molecule has 2 aromatic rings. The second-order valence-corrected chi connectivity index (χ2v) is 8.08. The average molecular weight is 410 g/mol. The van der Waals surface area contributed by atoms with Gasteiger partial charge in [0.05, 0.1) is 6.54 Å². The zero-order chi connectivity index (χ0) is 20.9. The molecular weight excluding hydrogens is 378 g/mol. The van der Waals surface area contributed by atoms with Gasteiger partial charge in [-0.2, -0.15) is 4.98 Å². The van der Waals surface area contributed by atoms with E-state index in [-0.39, 0.29) is 5.91 Å². The van der Waals surface area contributed by atoms with Gasteiger partial charge in [-0.05, 0) is 18.2 Å². The third-order valence-corrected chi connectivity index (χ3v) is 5.84. The van der Waals surface area contributed by atoms with Gasteiger partial charge in [0, 0.05) is 78.3 Å². The third-order valence-electron chi connectivity index (χ3n) is 5.84. The van der Waals surface area contributed by atoms with Gasteiger partial charge in [0.15, 0.2) is 0 Å².